The summed E-state index contributed by atoms with van der Waals surface area (Å²) in [6.07, 6.45) is -2.32. The van der Waals surface area contributed by atoms with Crippen LogP contribution in [0.2, 0.25) is 0 Å². The number of ether oxygens (including phenoxy) is 1. The van der Waals surface area contributed by atoms with E-state index in [1.165, 1.54) is 12.1 Å². The molecule has 0 heterocycles. The highest BCUT2D eigenvalue weighted by molar-refractivity contribution is 5.29. The van der Waals surface area contributed by atoms with Gasteiger partial charge in [0, 0.05) is 18.2 Å². The maximum Gasteiger partial charge on any atom is 0.261 e. The Labute approximate surface area is 116 Å². The van der Waals surface area contributed by atoms with Gasteiger partial charge in [0.05, 0.1) is 0 Å². The van der Waals surface area contributed by atoms with Gasteiger partial charge in [0.25, 0.3) is 6.43 Å². The molecule has 1 unspecified atom stereocenters. The van der Waals surface area contributed by atoms with Gasteiger partial charge in [0.15, 0.2) is 0 Å². The van der Waals surface area contributed by atoms with Crippen molar-refractivity contribution in [1.29, 1.82) is 0 Å². The maximum atomic E-state index is 14.0. The van der Waals surface area contributed by atoms with Crippen LogP contribution in [0.5, 0.6) is 0 Å². The number of hydrogen-bond donors (Lipinski definition) is 1. The highest BCUT2D eigenvalue weighted by atomic mass is 19.3. The summed E-state index contributed by atoms with van der Waals surface area (Å²) >= 11 is 0. The summed E-state index contributed by atoms with van der Waals surface area (Å²) in [5.41, 5.74) is 0.283. The molecule has 0 aromatic heterocycles. The van der Waals surface area contributed by atoms with E-state index < -0.39 is 30.7 Å². The Morgan fingerprint density at radius 1 is 1.25 bits per heavy atom. The molecule has 1 rings (SSSR count). The Kier molecular flexibility index (Phi) is 6.95. The summed E-state index contributed by atoms with van der Waals surface area (Å²) in [5.74, 6) is -1.25. The lowest BCUT2D eigenvalue weighted by molar-refractivity contribution is 0.0142. The summed E-state index contributed by atoms with van der Waals surface area (Å²) < 4.78 is 56.5. The first-order valence-electron chi connectivity index (χ1n) is 6.51. The van der Waals surface area contributed by atoms with Crippen molar-refractivity contribution in [3.63, 3.8) is 0 Å². The van der Waals surface area contributed by atoms with Crippen molar-refractivity contribution in [3.8, 4) is 0 Å². The van der Waals surface area contributed by atoms with E-state index in [1.807, 2.05) is 0 Å². The summed E-state index contributed by atoms with van der Waals surface area (Å²) in [5, 5.41) is 2.95. The normalized spacial score (nSPS) is 12.9. The minimum atomic E-state index is -2.54. The molecule has 0 spiro atoms. The molecule has 0 fully saturated rings. The molecule has 0 aliphatic heterocycles. The highest BCUT2D eigenvalue weighted by Gasteiger charge is 2.21. The van der Waals surface area contributed by atoms with E-state index in [9.17, 15) is 17.6 Å². The van der Waals surface area contributed by atoms with Gasteiger partial charge in [-0.1, -0.05) is 13.0 Å². The van der Waals surface area contributed by atoms with E-state index in [0.717, 1.165) is 0 Å². The van der Waals surface area contributed by atoms with E-state index in [1.54, 1.807) is 13.8 Å². The molecule has 1 N–H and O–H groups in total. The van der Waals surface area contributed by atoms with Crippen LogP contribution in [-0.2, 0) is 4.74 Å². The van der Waals surface area contributed by atoms with Crippen LogP contribution in [-0.4, -0.2) is 26.2 Å². The third kappa shape index (κ3) is 4.76. The van der Waals surface area contributed by atoms with Gasteiger partial charge in [-0.15, -0.1) is 0 Å². The van der Waals surface area contributed by atoms with Gasteiger partial charge in [-0.3, -0.25) is 0 Å². The van der Waals surface area contributed by atoms with Crippen LogP contribution in [0.1, 0.15) is 30.5 Å². The lowest BCUT2D eigenvalue weighted by atomic mass is 10.00. The first-order chi connectivity index (χ1) is 9.47. The molecule has 0 amide bonds. The van der Waals surface area contributed by atoms with Crippen LogP contribution in [0.4, 0.5) is 17.6 Å². The molecular weight excluding hydrogens is 274 g/mol. The summed E-state index contributed by atoms with van der Waals surface area (Å²) in [7, 11) is 0. The standard InChI is InChI=1S/C14H19F4NO/c1-3-19-11(6-7-20-8-12(16)17)13-10(15)5-4-9(2)14(13)18/h4-5,11-12,19H,3,6-8H2,1-2H3. The molecule has 6 heteroatoms. The zero-order valence-electron chi connectivity index (χ0n) is 11.6. The van der Waals surface area contributed by atoms with Crippen molar-refractivity contribution in [2.24, 2.45) is 0 Å². The lowest BCUT2D eigenvalue weighted by Crippen LogP contribution is -2.25. The first kappa shape index (κ1) is 16.9. The number of nitrogens with one attached hydrogen (secondary N) is 1. The van der Waals surface area contributed by atoms with Crippen molar-refractivity contribution in [2.45, 2.75) is 32.7 Å². The molecule has 2 nitrogen and oxygen atoms in total. The van der Waals surface area contributed by atoms with Crippen molar-refractivity contribution in [3.05, 3.63) is 34.9 Å². The molecular formula is C14H19F4NO. The summed E-state index contributed by atoms with van der Waals surface area (Å²) in [4.78, 5) is 0. The Balaban J connectivity index is 2.78. The Bertz CT molecular complexity index is 426. The topological polar surface area (TPSA) is 21.3 Å². The lowest BCUT2D eigenvalue weighted by Gasteiger charge is -2.20. The molecule has 0 aliphatic rings. The van der Waals surface area contributed by atoms with Gasteiger partial charge in [-0.2, -0.15) is 0 Å². The molecule has 1 atom stereocenters. The molecule has 0 saturated carbocycles. The van der Waals surface area contributed by atoms with Crippen LogP contribution in [0.3, 0.4) is 0 Å². The molecule has 1 aromatic carbocycles. The second-order valence-corrected chi connectivity index (χ2v) is 4.46. The molecule has 0 saturated heterocycles. The Morgan fingerprint density at radius 2 is 1.95 bits per heavy atom. The molecule has 20 heavy (non-hydrogen) atoms. The number of halogens is 4. The van der Waals surface area contributed by atoms with Gasteiger partial charge in [-0.05, 0) is 31.5 Å². The number of benzene rings is 1. The fraction of sp³-hybridized carbons (Fsp3) is 0.571. The van der Waals surface area contributed by atoms with Crippen LogP contribution in [0.15, 0.2) is 12.1 Å². The third-order valence-corrected chi connectivity index (χ3v) is 2.91. The monoisotopic (exact) mass is 293 g/mol. The van der Waals surface area contributed by atoms with Crippen molar-refractivity contribution in [1.82, 2.24) is 5.32 Å². The minimum absolute atomic E-state index is 0.00876. The molecule has 114 valence electrons. The van der Waals surface area contributed by atoms with E-state index in [-0.39, 0.29) is 18.6 Å². The zero-order valence-corrected chi connectivity index (χ0v) is 11.6. The van der Waals surface area contributed by atoms with Gasteiger partial charge in [-0.25, -0.2) is 17.6 Å². The van der Waals surface area contributed by atoms with Crippen LogP contribution in [0, 0.1) is 18.6 Å². The fourth-order valence-electron chi connectivity index (χ4n) is 1.97. The van der Waals surface area contributed by atoms with Crippen molar-refractivity contribution >= 4 is 0 Å². The van der Waals surface area contributed by atoms with E-state index in [2.05, 4.69) is 5.32 Å². The fourth-order valence-corrected chi connectivity index (χ4v) is 1.97. The highest BCUT2D eigenvalue weighted by Crippen LogP contribution is 2.25. The Morgan fingerprint density at radius 3 is 2.55 bits per heavy atom. The van der Waals surface area contributed by atoms with E-state index >= 15 is 0 Å². The van der Waals surface area contributed by atoms with Crippen LogP contribution in [0.25, 0.3) is 0 Å². The molecule has 0 radical (unpaired) electrons. The average molecular weight is 293 g/mol. The minimum Gasteiger partial charge on any atom is -0.375 e. The number of aryl methyl sites for hydroxylation is 1. The average Bonchev–Trinajstić information content (AvgIpc) is 2.39. The number of alkyl halides is 2. The van der Waals surface area contributed by atoms with Crippen molar-refractivity contribution < 1.29 is 22.3 Å². The third-order valence-electron chi connectivity index (χ3n) is 2.91. The SMILES string of the molecule is CCNC(CCOCC(F)F)c1c(F)ccc(C)c1F. The first-order valence-corrected chi connectivity index (χ1v) is 6.51. The van der Waals surface area contributed by atoms with Gasteiger partial charge < -0.3 is 10.1 Å². The zero-order chi connectivity index (χ0) is 15.1. The summed E-state index contributed by atoms with van der Waals surface area (Å²) in [6, 6.07) is 1.97. The smallest absolute Gasteiger partial charge is 0.261 e. The summed E-state index contributed by atoms with van der Waals surface area (Å²) in [6.45, 7) is 3.20. The van der Waals surface area contributed by atoms with Gasteiger partial charge in [0.1, 0.15) is 18.2 Å². The maximum absolute atomic E-state index is 14.0. The largest absolute Gasteiger partial charge is 0.375 e. The molecule has 1 aromatic rings. The van der Waals surface area contributed by atoms with E-state index in [4.69, 9.17) is 4.74 Å². The van der Waals surface area contributed by atoms with Gasteiger partial charge >= 0.3 is 0 Å². The number of rotatable bonds is 8. The van der Waals surface area contributed by atoms with Crippen LogP contribution < -0.4 is 5.32 Å². The second-order valence-electron chi connectivity index (χ2n) is 4.46. The van der Waals surface area contributed by atoms with Gasteiger partial charge in [0.2, 0.25) is 0 Å². The predicted octanol–water partition coefficient (Wildman–Crippen LogP) is 3.60. The molecule has 0 aliphatic carbocycles. The quantitative estimate of drug-likeness (QED) is 0.584. The Hall–Kier alpha value is -1.14. The number of hydrogen-bond acceptors (Lipinski definition) is 2. The van der Waals surface area contributed by atoms with Crippen molar-refractivity contribution in [2.75, 3.05) is 19.8 Å². The molecule has 0 bridgehead atoms. The predicted molar refractivity (Wildman–Crippen MR) is 69.0 cm³/mol. The van der Waals surface area contributed by atoms with E-state index in [0.29, 0.717) is 12.1 Å². The van der Waals surface area contributed by atoms with Crippen LogP contribution >= 0.6 is 0 Å². The second kappa shape index (κ2) is 8.21.